The molecule has 0 aromatic rings. The maximum Gasteiger partial charge on any atom is 0.242 e. The van der Waals surface area contributed by atoms with Gasteiger partial charge in [0.15, 0.2) is 5.96 Å². The van der Waals surface area contributed by atoms with Gasteiger partial charge in [-0.3, -0.25) is 15.0 Å². The molecule has 0 aliphatic carbocycles. The van der Waals surface area contributed by atoms with Crippen LogP contribution in [-0.2, 0) is 9.59 Å². The van der Waals surface area contributed by atoms with Gasteiger partial charge < -0.3 is 27.0 Å². The molecule has 8 N–H and O–H groups in total. The molecule has 0 aromatic carbocycles. The molecule has 10 heteroatoms. The van der Waals surface area contributed by atoms with Crippen LogP contribution < -0.4 is 26.9 Å². The summed E-state index contributed by atoms with van der Waals surface area (Å²) in [6.45, 7) is 6.53. The zero-order chi connectivity index (χ0) is 33.4. The fourth-order valence-electron chi connectivity index (χ4n) is 5.67. The number of hydrogen-bond acceptors (Lipinski definition) is 5. The predicted octanol–water partition coefficient (Wildman–Crippen LogP) is 7.26. The van der Waals surface area contributed by atoms with Crippen LogP contribution in [0.3, 0.4) is 0 Å². The zero-order valence-electron chi connectivity index (χ0n) is 29.3. The lowest BCUT2D eigenvalue weighted by atomic mass is 10.0. The van der Waals surface area contributed by atoms with Crippen LogP contribution in [0.4, 0.5) is 0 Å². The van der Waals surface area contributed by atoms with E-state index in [1.807, 2.05) is 4.90 Å². The molecule has 45 heavy (non-hydrogen) atoms. The maximum absolute atomic E-state index is 13.5. The molecule has 0 fully saturated rings. The Labute approximate surface area is 282 Å². The lowest BCUT2D eigenvalue weighted by Crippen LogP contribution is -2.52. The van der Waals surface area contributed by atoms with Crippen LogP contribution in [0.5, 0.6) is 0 Å². The van der Waals surface area contributed by atoms with Crippen molar-refractivity contribution >= 4 is 29.6 Å². The zero-order valence-corrected chi connectivity index (χ0v) is 30.0. The maximum atomic E-state index is 13.5. The molecule has 0 spiro atoms. The summed E-state index contributed by atoms with van der Waals surface area (Å²) in [7, 11) is 0. The van der Waals surface area contributed by atoms with Crippen molar-refractivity contribution in [1.82, 2.24) is 20.4 Å². The van der Waals surface area contributed by atoms with E-state index in [9.17, 15) is 9.59 Å². The molecule has 0 aliphatic heterocycles. The first-order chi connectivity index (χ1) is 21.9. The van der Waals surface area contributed by atoms with Crippen molar-refractivity contribution in [3.05, 3.63) is 0 Å². The monoisotopic (exact) mass is 658 g/mol. The Morgan fingerprint density at radius 2 is 1.07 bits per heavy atom. The second kappa shape index (κ2) is 32.4. The molecule has 0 saturated carbocycles. The standard InChI is InChI=1S/C35H72ClN7O2/c1-3-5-7-9-11-13-15-16-18-20-22-24-29-43(28-23-21-19-17-14-12-10-8-6-4-2)34(45)32(42-36)30-41-33(44)31(37)26-25-27-40-35(38)39/h31-32,42H,3-30,37H2,1-2H3,(H,41,44)(H4,38,39,40). The average molecular weight is 658 g/mol. The lowest BCUT2D eigenvalue weighted by molar-refractivity contribution is -0.133. The van der Waals surface area contributed by atoms with Gasteiger partial charge in [-0.1, -0.05) is 142 Å². The van der Waals surface area contributed by atoms with E-state index in [1.54, 1.807) is 0 Å². The highest BCUT2D eigenvalue weighted by molar-refractivity contribution is 6.15. The number of rotatable bonds is 33. The average Bonchev–Trinajstić information content (AvgIpc) is 3.03. The van der Waals surface area contributed by atoms with Gasteiger partial charge in [0.05, 0.1) is 6.04 Å². The Morgan fingerprint density at radius 1 is 0.667 bits per heavy atom. The third kappa shape index (κ3) is 27.3. The van der Waals surface area contributed by atoms with E-state index in [-0.39, 0.29) is 24.3 Å². The third-order valence-electron chi connectivity index (χ3n) is 8.63. The van der Waals surface area contributed by atoms with Gasteiger partial charge in [-0.2, -0.15) is 0 Å². The highest BCUT2D eigenvalue weighted by atomic mass is 35.5. The minimum Gasteiger partial charge on any atom is -0.370 e. The summed E-state index contributed by atoms with van der Waals surface area (Å²) in [6.07, 6.45) is 29.0. The van der Waals surface area contributed by atoms with Crippen LogP contribution in [0, 0.1) is 5.41 Å². The van der Waals surface area contributed by atoms with Crippen molar-refractivity contribution in [2.24, 2.45) is 11.5 Å². The Kier molecular flexibility index (Phi) is 31.2. The SMILES string of the molecule is CCCCCCCCCCCCCCN(CCCCCCCCCCCC)C(=O)C(CNC(=O)C(N)CCCNC(=N)N)NCl. The van der Waals surface area contributed by atoms with E-state index < -0.39 is 12.1 Å². The molecule has 0 aromatic heterocycles. The molecular formula is C35H72ClN7O2. The van der Waals surface area contributed by atoms with E-state index in [4.69, 9.17) is 28.7 Å². The summed E-state index contributed by atoms with van der Waals surface area (Å²) in [6, 6.07) is -1.41. The Hall–Kier alpha value is -1.58. The summed E-state index contributed by atoms with van der Waals surface area (Å²) < 4.78 is 0. The fraction of sp³-hybridized carbons (Fsp3) is 0.914. The first-order valence-electron chi connectivity index (χ1n) is 18.6. The second-order valence-corrected chi connectivity index (χ2v) is 13.1. The smallest absolute Gasteiger partial charge is 0.242 e. The Morgan fingerprint density at radius 3 is 1.44 bits per heavy atom. The van der Waals surface area contributed by atoms with Gasteiger partial charge in [-0.25, -0.2) is 4.84 Å². The van der Waals surface area contributed by atoms with Gasteiger partial charge in [0, 0.05) is 26.2 Å². The van der Waals surface area contributed by atoms with Crippen molar-refractivity contribution in [2.75, 3.05) is 26.2 Å². The number of amides is 2. The van der Waals surface area contributed by atoms with Gasteiger partial charge in [-0.15, -0.1) is 0 Å². The van der Waals surface area contributed by atoms with Crippen LogP contribution in [0.25, 0.3) is 0 Å². The van der Waals surface area contributed by atoms with Crippen molar-refractivity contribution in [3.8, 4) is 0 Å². The lowest BCUT2D eigenvalue weighted by Gasteiger charge is -2.27. The molecule has 2 atom stereocenters. The van der Waals surface area contributed by atoms with Crippen LogP contribution in [0.2, 0.25) is 0 Å². The van der Waals surface area contributed by atoms with E-state index >= 15 is 0 Å². The van der Waals surface area contributed by atoms with Crippen molar-refractivity contribution in [3.63, 3.8) is 0 Å². The fourth-order valence-corrected chi connectivity index (χ4v) is 5.84. The Balaban J connectivity index is 4.61. The molecular weight excluding hydrogens is 586 g/mol. The minimum atomic E-state index is -0.706. The Bertz CT molecular complexity index is 713. The topological polar surface area (TPSA) is 149 Å². The summed E-state index contributed by atoms with van der Waals surface area (Å²) in [5.74, 6) is -0.485. The first-order valence-corrected chi connectivity index (χ1v) is 19.0. The quantitative estimate of drug-likeness (QED) is 0.0189. The molecule has 0 heterocycles. The van der Waals surface area contributed by atoms with Crippen LogP contribution in [0.1, 0.15) is 168 Å². The number of carbonyl (C=O) groups is 2. The summed E-state index contributed by atoms with van der Waals surface area (Å²) >= 11 is 6.02. The van der Waals surface area contributed by atoms with E-state index in [2.05, 4.69) is 29.3 Å². The number of nitrogens with two attached hydrogens (primary N) is 2. The first kappa shape index (κ1) is 43.4. The molecule has 266 valence electrons. The summed E-state index contributed by atoms with van der Waals surface area (Å²) in [4.78, 5) is 30.6. The molecule has 2 unspecified atom stereocenters. The normalized spacial score (nSPS) is 12.5. The van der Waals surface area contributed by atoms with Crippen molar-refractivity contribution in [1.29, 1.82) is 5.41 Å². The molecule has 2 amide bonds. The summed E-state index contributed by atoms with van der Waals surface area (Å²) in [5, 5.41) is 12.7. The van der Waals surface area contributed by atoms with Crippen molar-refractivity contribution in [2.45, 2.75) is 180 Å². The molecule has 0 radical (unpaired) electrons. The van der Waals surface area contributed by atoms with E-state index in [0.717, 1.165) is 38.8 Å². The molecule has 0 bridgehead atoms. The highest BCUT2D eigenvalue weighted by Crippen LogP contribution is 2.14. The van der Waals surface area contributed by atoms with Gasteiger partial charge in [-0.05, 0) is 37.5 Å². The number of carbonyl (C=O) groups excluding carboxylic acids is 2. The van der Waals surface area contributed by atoms with Crippen LogP contribution >= 0.6 is 11.8 Å². The minimum absolute atomic E-state index is 0.0662. The van der Waals surface area contributed by atoms with E-state index in [1.165, 1.54) is 116 Å². The number of guanidine groups is 1. The van der Waals surface area contributed by atoms with Crippen LogP contribution in [-0.4, -0.2) is 60.9 Å². The van der Waals surface area contributed by atoms with Gasteiger partial charge in [0.25, 0.3) is 0 Å². The summed E-state index contributed by atoms with van der Waals surface area (Å²) in [5.41, 5.74) is 11.3. The molecule has 0 aliphatic rings. The number of unbranched alkanes of at least 4 members (excludes halogenated alkanes) is 20. The number of nitrogens with zero attached hydrogens (tertiary/aromatic N) is 1. The highest BCUT2D eigenvalue weighted by Gasteiger charge is 2.25. The molecule has 0 saturated heterocycles. The molecule has 9 nitrogen and oxygen atoms in total. The van der Waals surface area contributed by atoms with Crippen LogP contribution in [0.15, 0.2) is 0 Å². The number of halogens is 1. The van der Waals surface area contributed by atoms with E-state index in [0.29, 0.717) is 19.4 Å². The third-order valence-corrected chi connectivity index (χ3v) is 8.89. The predicted molar refractivity (Wildman–Crippen MR) is 192 cm³/mol. The molecule has 0 rings (SSSR count). The number of nitrogens with one attached hydrogen (secondary N) is 4. The van der Waals surface area contributed by atoms with Gasteiger partial charge >= 0.3 is 0 Å². The van der Waals surface area contributed by atoms with Gasteiger partial charge in [0.1, 0.15) is 6.04 Å². The number of hydrogen-bond donors (Lipinski definition) is 6. The van der Waals surface area contributed by atoms with Gasteiger partial charge in [0.2, 0.25) is 11.8 Å². The largest absolute Gasteiger partial charge is 0.370 e. The second-order valence-electron chi connectivity index (χ2n) is 12.9. The van der Waals surface area contributed by atoms with Crippen molar-refractivity contribution < 1.29 is 9.59 Å².